The lowest BCUT2D eigenvalue weighted by Crippen LogP contribution is -2.05. The van der Waals surface area contributed by atoms with Crippen LogP contribution in [-0.4, -0.2) is 18.1 Å². The number of aliphatic hydroxyl groups excluding tert-OH is 1. The fourth-order valence-corrected chi connectivity index (χ4v) is 3.86. The fourth-order valence-electron chi connectivity index (χ4n) is 3.59. The van der Waals surface area contributed by atoms with Gasteiger partial charge in [-0.2, -0.15) is 8.42 Å². The van der Waals surface area contributed by atoms with Gasteiger partial charge in [0.25, 0.3) is 0 Å². The van der Waals surface area contributed by atoms with Gasteiger partial charge >= 0.3 is 10.4 Å². The van der Waals surface area contributed by atoms with Crippen molar-refractivity contribution in [2.45, 2.75) is 13.2 Å². The maximum absolute atomic E-state index is 11.1. The van der Waals surface area contributed by atoms with Crippen molar-refractivity contribution >= 4 is 42.7 Å². The van der Waals surface area contributed by atoms with Crippen LogP contribution < -0.4 is 0 Å². The summed E-state index contributed by atoms with van der Waals surface area (Å²) in [6.07, 6.45) is 0. The SMILES string of the molecule is O=S(=O)(O)OCc1c2ccccc2c(CO)c2c1ccc1ccccc12. The summed E-state index contributed by atoms with van der Waals surface area (Å²) in [7, 11) is -4.57. The Bertz CT molecular complexity index is 1250. The van der Waals surface area contributed by atoms with Gasteiger partial charge in [-0.1, -0.05) is 60.7 Å². The molecule has 132 valence electrons. The van der Waals surface area contributed by atoms with E-state index < -0.39 is 10.4 Å². The molecule has 4 aromatic rings. The summed E-state index contributed by atoms with van der Waals surface area (Å²) in [5, 5.41) is 15.3. The first kappa shape index (κ1) is 16.9. The van der Waals surface area contributed by atoms with Crippen molar-refractivity contribution in [3.63, 3.8) is 0 Å². The minimum absolute atomic E-state index is 0.148. The Morgan fingerprint density at radius 3 is 2.04 bits per heavy atom. The van der Waals surface area contributed by atoms with E-state index in [-0.39, 0.29) is 13.2 Å². The topological polar surface area (TPSA) is 83.8 Å². The molecule has 0 aliphatic heterocycles. The number of rotatable bonds is 4. The highest BCUT2D eigenvalue weighted by molar-refractivity contribution is 7.80. The Kier molecular flexibility index (Phi) is 4.13. The summed E-state index contributed by atoms with van der Waals surface area (Å²) in [5.41, 5.74) is 1.43. The van der Waals surface area contributed by atoms with Crippen LogP contribution in [0.25, 0.3) is 32.3 Å². The summed E-state index contributed by atoms with van der Waals surface area (Å²) < 4.78 is 35.9. The van der Waals surface area contributed by atoms with Gasteiger partial charge in [0.2, 0.25) is 0 Å². The molecule has 0 saturated carbocycles. The fraction of sp³-hybridized carbons (Fsp3) is 0.100. The average molecular weight is 368 g/mol. The molecule has 5 nitrogen and oxygen atoms in total. The van der Waals surface area contributed by atoms with Crippen LogP contribution >= 0.6 is 0 Å². The third-order valence-corrected chi connectivity index (χ3v) is 5.06. The van der Waals surface area contributed by atoms with Crippen LogP contribution in [0.2, 0.25) is 0 Å². The van der Waals surface area contributed by atoms with Gasteiger partial charge in [-0.15, -0.1) is 0 Å². The number of aliphatic hydroxyl groups is 1. The molecule has 26 heavy (non-hydrogen) atoms. The monoisotopic (exact) mass is 368 g/mol. The van der Waals surface area contributed by atoms with Crippen molar-refractivity contribution in [2.24, 2.45) is 0 Å². The molecule has 0 unspecified atom stereocenters. The second kappa shape index (κ2) is 6.34. The van der Waals surface area contributed by atoms with Crippen LogP contribution in [0.4, 0.5) is 0 Å². The molecule has 2 N–H and O–H groups in total. The summed E-state index contributed by atoms with van der Waals surface area (Å²) in [6, 6.07) is 19.1. The Labute approximate surface area is 150 Å². The molecule has 4 aromatic carbocycles. The van der Waals surface area contributed by atoms with Gasteiger partial charge in [0, 0.05) is 0 Å². The second-order valence-corrected chi connectivity index (χ2v) is 7.15. The van der Waals surface area contributed by atoms with Crippen molar-refractivity contribution < 1.29 is 22.3 Å². The zero-order chi connectivity index (χ0) is 18.3. The van der Waals surface area contributed by atoms with Gasteiger partial charge in [0.15, 0.2) is 0 Å². The molecule has 0 spiro atoms. The van der Waals surface area contributed by atoms with E-state index >= 15 is 0 Å². The smallest absolute Gasteiger partial charge is 0.392 e. The van der Waals surface area contributed by atoms with Crippen LogP contribution in [0.5, 0.6) is 0 Å². The van der Waals surface area contributed by atoms with E-state index in [4.69, 9.17) is 4.55 Å². The third kappa shape index (κ3) is 2.83. The van der Waals surface area contributed by atoms with E-state index in [0.29, 0.717) is 5.56 Å². The molecule has 0 aliphatic carbocycles. The zero-order valence-electron chi connectivity index (χ0n) is 13.7. The van der Waals surface area contributed by atoms with Gasteiger partial charge in [-0.25, -0.2) is 4.18 Å². The highest BCUT2D eigenvalue weighted by atomic mass is 32.3. The van der Waals surface area contributed by atoms with Gasteiger partial charge in [0.1, 0.15) is 0 Å². The predicted molar refractivity (Wildman–Crippen MR) is 101 cm³/mol. The van der Waals surface area contributed by atoms with Crippen molar-refractivity contribution in [1.29, 1.82) is 0 Å². The predicted octanol–water partition coefficient (Wildman–Crippen LogP) is 3.96. The molecule has 0 atom stereocenters. The molecule has 0 heterocycles. The summed E-state index contributed by atoms with van der Waals surface area (Å²) in [5.74, 6) is 0. The Balaban J connectivity index is 2.18. The molecular formula is C20H16O5S. The lowest BCUT2D eigenvalue weighted by atomic mass is 9.89. The largest absolute Gasteiger partial charge is 0.397 e. The Morgan fingerprint density at radius 2 is 1.38 bits per heavy atom. The summed E-state index contributed by atoms with van der Waals surface area (Å²) in [4.78, 5) is 0. The van der Waals surface area contributed by atoms with E-state index in [9.17, 15) is 13.5 Å². The number of hydrogen-bond acceptors (Lipinski definition) is 4. The first-order chi connectivity index (χ1) is 12.5. The number of fused-ring (bicyclic) bond motifs is 4. The van der Waals surface area contributed by atoms with Crippen LogP contribution in [0.1, 0.15) is 11.1 Å². The van der Waals surface area contributed by atoms with Crippen LogP contribution in [0.15, 0.2) is 60.7 Å². The lowest BCUT2D eigenvalue weighted by molar-refractivity contribution is 0.261. The highest BCUT2D eigenvalue weighted by Gasteiger charge is 2.17. The molecular weight excluding hydrogens is 352 g/mol. The molecule has 4 rings (SSSR count). The van der Waals surface area contributed by atoms with E-state index in [1.165, 1.54) is 0 Å². The zero-order valence-corrected chi connectivity index (χ0v) is 14.5. The molecule has 0 bridgehead atoms. The van der Waals surface area contributed by atoms with E-state index in [0.717, 1.165) is 37.9 Å². The normalized spacial score (nSPS) is 12.2. The van der Waals surface area contributed by atoms with E-state index in [1.807, 2.05) is 60.7 Å². The van der Waals surface area contributed by atoms with Crippen molar-refractivity contribution in [3.8, 4) is 0 Å². The summed E-state index contributed by atoms with van der Waals surface area (Å²) >= 11 is 0. The second-order valence-electron chi connectivity index (χ2n) is 6.06. The highest BCUT2D eigenvalue weighted by Crippen LogP contribution is 2.37. The van der Waals surface area contributed by atoms with Crippen molar-refractivity contribution in [3.05, 3.63) is 71.8 Å². The minimum Gasteiger partial charge on any atom is -0.392 e. The summed E-state index contributed by atoms with van der Waals surface area (Å²) in [6.45, 7) is -0.440. The molecule has 6 heteroatoms. The Morgan fingerprint density at radius 1 is 0.769 bits per heavy atom. The molecule has 0 amide bonds. The first-order valence-corrected chi connectivity index (χ1v) is 9.43. The quantitative estimate of drug-likeness (QED) is 0.324. The molecule has 0 aliphatic rings. The van der Waals surface area contributed by atoms with Crippen LogP contribution in [-0.2, 0) is 27.8 Å². The first-order valence-electron chi connectivity index (χ1n) is 8.06. The maximum Gasteiger partial charge on any atom is 0.397 e. The van der Waals surface area contributed by atoms with Gasteiger partial charge in [0.05, 0.1) is 13.2 Å². The minimum atomic E-state index is -4.57. The van der Waals surface area contributed by atoms with Crippen LogP contribution in [0, 0.1) is 0 Å². The molecule has 0 radical (unpaired) electrons. The number of benzene rings is 4. The standard InChI is InChI=1S/C20H16O5S/c21-11-18-15-7-3-4-8-16(15)19(12-25-26(22,23)24)17-10-9-13-5-1-2-6-14(13)20(17)18/h1-10,21H,11-12H2,(H,22,23,24). The molecule has 0 saturated heterocycles. The van der Waals surface area contributed by atoms with Gasteiger partial charge in [-0.05, 0) is 43.4 Å². The average Bonchev–Trinajstić information content (AvgIpc) is 2.64. The van der Waals surface area contributed by atoms with Gasteiger partial charge in [-0.3, -0.25) is 4.55 Å². The lowest BCUT2D eigenvalue weighted by Gasteiger charge is -2.17. The van der Waals surface area contributed by atoms with E-state index in [2.05, 4.69) is 4.18 Å². The van der Waals surface area contributed by atoms with E-state index in [1.54, 1.807) is 0 Å². The number of hydrogen-bond donors (Lipinski definition) is 2. The molecule has 0 fully saturated rings. The Hall–Kier alpha value is -2.51. The van der Waals surface area contributed by atoms with Crippen molar-refractivity contribution in [1.82, 2.24) is 0 Å². The van der Waals surface area contributed by atoms with Crippen LogP contribution in [0.3, 0.4) is 0 Å². The molecule has 0 aromatic heterocycles. The maximum atomic E-state index is 11.1. The van der Waals surface area contributed by atoms with Crippen molar-refractivity contribution in [2.75, 3.05) is 0 Å². The third-order valence-electron chi connectivity index (χ3n) is 4.64. The van der Waals surface area contributed by atoms with Gasteiger partial charge < -0.3 is 5.11 Å².